The number of rotatable bonds is 15. The summed E-state index contributed by atoms with van der Waals surface area (Å²) in [5.74, 6) is 2.23. The van der Waals surface area contributed by atoms with Crippen molar-refractivity contribution in [3.8, 4) is 0 Å². The zero-order valence-corrected chi connectivity index (χ0v) is 19.7. The highest BCUT2D eigenvalue weighted by atomic mass is 32.2. The molecule has 3 atom stereocenters. The molecule has 0 saturated heterocycles. The average Bonchev–Trinajstić information content (AvgIpc) is 2.62. The molecule has 0 amide bonds. The summed E-state index contributed by atoms with van der Waals surface area (Å²) in [7, 11) is 0. The predicted octanol–water partition coefficient (Wildman–Crippen LogP) is 8.23. The second kappa shape index (κ2) is 13.9. The largest absolute Gasteiger partial charge is 0.298 e. The molecule has 0 aliphatic heterocycles. The van der Waals surface area contributed by atoms with E-state index in [4.69, 9.17) is 0 Å². The van der Waals surface area contributed by atoms with Gasteiger partial charge in [-0.05, 0) is 36.3 Å². The van der Waals surface area contributed by atoms with Crippen molar-refractivity contribution < 1.29 is 4.79 Å². The number of unbranched alkanes of at least 4 members (excludes halogenated alkanes) is 9. The zero-order valence-electron chi connectivity index (χ0n) is 18.9. The van der Waals surface area contributed by atoms with Gasteiger partial charge in [0.05, 0.1) is 5.25 Å². The second-order valence-electron chi connectivity index (χ2n) is 9.31. The first-order chi connectivity index (χ1) is 12.9. The molecule has 0 heterocycles. The number of carbonyl (C=O) groups excluding carboxylic acids is 1. The molecule has 0 saturated carbocycles. The van der Waals surface area contributed by atoms with Crippen molar-refractivity contribution in [2.24, 2.45) is 17.3 Å². The van der Waals surface area contributed by atoms with Crippen molar-refractivity contribution in [1.29, 1.82) is 0 Å². The molecule has 158 valence electrons. The fourth-order valence-corrected chi connectivity index (χ4v) is 5.80. The summed E-state index contributed by atoms with van der Waals surface area (Å²) in [6, 6.07) is 0. The molecule has 0 aromatic heterocycles. The van der Waals surface area contributed by atoms with Gasteiger partial charge >= 0.3 is 0 Å². The Morgan fingerprint density at radius 1 is 1.00 bits per heavy atom. The van der Waals surface area contributed by atoms with Crippen LogP contribution in [0.1, 0.15) is 112 Å². The molecule has 0 aromatic rings. The fourth-order valence-electron chi connectivity index (χ4n) is 4.60. The second-order valence-corrected chi connectivity index (χ2v) is 10.6. The molecule has 27 heavy (non-hydrogen) atoms. The molecule has 1 rings (SSSR count). The van der Waals surface area contributed by atoms with Crippen LogP contribution in [0.4, 0.5) is 0 Å². The van der Waals surface area contributed by atoms with E-state index in [-0.39, 0.29) is 16.6 Å². The van der Waals surface area contributed by atoms with Gasteiger partial charge in [-0.2, -0.15) is 11.8 Å². The number of allylic oxidation sites excluding steroid dienone is 2. The van der Waals surface area contributed by atoms with Crippen LogP contribution >= 0.6 is 11.8 Å². The number of carbonyl (C=O) groups is 1. The maximum atomic E-state index is 13.2. The van der Waals surface area contributed by atoms with E-state index in [1.54, 1.807) is 0 Å². The third-order valence-electron chi connectivity index (χ3n) is 6.26. The Bertz CT molecular complexity index is 426. The van der Waals surface area contributed by atoms with E-state index in [0.717, 1.165) is 18.6 Å². The number of thioether (sulfide) groups is 1. The molecule has 3 unspecified atom stereocenters. The van der Waals surface area contributed by atoms with Crippen LogP contribution in [-0.2, 0) is 4.79 Å². The van der Waals surface area contributed by atoms with Crippen molar-refractivity contribution >= 4 is 17.5 Å². The van der Waals surface area contributed by atoms with Crippen molar-refractivity contribution in [3.63, 3.8) is 0 Å². The highest BCUT2D eigenvalue weighted by Gasteiger charge is 2.41. The first kappa shape index (κ1) is 24.8. The molecule has 0 radical (unpaired) electrons. The fraction of sp³-hybridized carbons (Fsp3) is 0.880. The zero-order chi connectivity index (χ0) is 20.1. The Morgan fingerprint density at radius 2 is 1.56 bits per heavy atom. The number of ketones is 1. The van der Waals surface area contributed by atoms with E-state index in [1.807, 2.05) is 11.8 Å². The average molecular weight is 395 g/mol. The highest BCUT2D eigenvalue weighted by Crippen LogP contribution is 2.43. The van der Waals surface area contributed by atoms with Gasteiger partial charge in [-0.15, -0.1) is 0 Å². The third-order valence-corrected chi connectivity index (χ3v) is 7.76. The van der Waals surface area contributed by atoms with E-state index >= 15 is 0 Å². The molecule has 1 nitrogen and oxygen atoms in total. The molecule has 0 bridgehead atoms. The third kappa shape index (κ3) is 9.20. The van der Waals surface area contributed by atoms with Gasteiger partial charge in [0.1, 0.15) is 5.78 Å². The van der Waals surface area contributed by atoms with Gasteiger partial charge in [0.15, 0.2) is 0 Å². The molecule has 0 fully saturated rings. The maximum absolute atomic E-state index is 13.2. The standard InChI is InChI=1S/C25H46OS/c1-6-8-9-10-11-12-13-14-15-16-20-27-22(7-2)24(26)23-21(3)18-17-19-25(23,4)5/h17-18,21-23H,6-16,19-20H2,1-5H3. The van der Waals surface area contributed by atoms with Crippen LogP contribution in [-0.4, -0.2) is 16.8 Å². The van der Waals surface area contributed by atoms with Crippen LogP contribution in [0.25, 0.3) is 0 Å². The molecule has 0 N–H and O–H groups in total. The topological polar surface area (TPSA) is 17.1 Å². The normalized spacial score (nSPS) is 22.7. The van der Waals surface area contributed by atoms with E-state index in [0.29, 0.717) is 11.7 Å². The van der Waals surface area contributed by atoms with Crippen LogP contribution in [0, 0.1) is 17.3 Å². The van der Waals surface area contributed by atoms with Gasteiger partial charge in [-0.3, -0.25) is 4.79 Å². The Hall–Kier alpha value is -0.240. The monoisotopic (exact) mass is 394 g/mol. The molecule has 0 aromatic carbocycles. The Balaban J connectivity index is 2.21. The molecule has 1 aliphatic carbocycles. The lowest BCUT2D eigenvalue weighted by Gasteiger charge is -2.40. The Labute approximate surface area is 174 Å². The summed E-state index contributed by atoms with van der Waals surface area (Å²) in [6.45, 7) is 11.2. The molecular weight excluding hydrogens is 348 g/mol. The summed E-state index contributed by atoms with van der Waals surface area (Å²) in [4.78, 5) is 13.2. The first-order valence-electron chi connectivity index (χ1n) is 11.8. The minimum atomic E-state index is 0.107. The van der Waals surface area contributed by atoms with Crippen molar-refractivity contribution in [2.75, 3.05) is 5.75 Å². The van der Waals surface area contributed by atoms with E-state index < -0.39 is 0 Å². The minimum Gasteiger partial charge on any atom is -0.298 e. The summed E-state index contributed by atoms with van der Waals surface area (Å²) >= 11 is 1.93. The maximum Gasteiger partial charge on any atom is 0.149 e. The minimum absolute atomic E-state index is 0.107. The lowest BCUT2D eigenvalue weighted by atomic mass is 9.65. The van der Waals surface area contributed by atoms with Gasteiger partial charge in [0.25, 0.3) is 0 Å². The van der Waals surface area contributed by atoms with Crippen molar-refractivity contribution in [1.82, 2.24) is 0 Å². The smallest absolute Gasteiger partial charge is 0.149 e. The summed E-state index contributed by atoms with van der Waals surface area (Å²) in [6.07, 6.45) is 20.3. The van der Waals surface area contributed by atoms with Crippen molar-refractivity contribution in [3.05, 3.63) is 12.2 Å². The quantitative estimate of drug-likeness (QED) is 0.205. The van der Waals surface area contributed by atoms with Gasteiger partial charge in [-0.1, -0.05) is 105 Å². The van der Waals surface area contributed by atoms with Gasteiger partial charge in [0, 0.05) is 5.92 Å². The van der Waals surface area contributed by atoms with E-state index in [1.165, 1.54) is 64.2 Å². The van der Waals surface area contributed by atoms with Gasteiger partial charge in [-0.25, -0.2) is 0 Å². The summed E-state index contributed by atoms with van der Waals surface area (Å²) < 4.78 is 0. The molecule has 0 spiro atoms. The van der Waals surface area contributed by atoms with E-state index in [9.17, 15) is 4.79 Å². The molecule has 1 aliphatic rings. The van der Waals surface area contributed by atoms with Gasteiger partial charge < -0.3 is 0 Å². The van der Waals surface area contributed by atoms with Crippen LogP contribution in [0.15, 0.2) is 12.2 Å². The van der Waals surface area contributed by atoms with Crippen LogP contribution in [0.5, 0.6) is 0 Å². The van der Waals surface area contributed by atoms with Crippen molar-refractivity contribution in [2.45, 2.75) is 117 Å². The highest BCUT2D eigenvalue weighted by molar-refractivity contribution is 8.00. The summed E-state index contributed by atoms with van der Waals surface area (Å²) in [5.41, 5.74) is 0.107. The van der Waals surface area contributed by atoms with E-state index in [2.05, 4.69) is 46.8 Å². The Kier molecular flexibility index (Phi) is 12.7. The predicted molar refractivity (Wildman–Crippen MR) is 124 cm³/mol. The lowest BCUT2D eigenvalue weighted by molar-refractivity contribution is -0.127. The van der Waals surface area contributed by atoms with Gasteiger partial charge in [0.2, 0.25) is 0 Å². The number of hydrogen-bond acceptors (Lipinski definition) is 2. The number of Topliss-reactive ketones (excluding diaryl/α,β-unsaturated/α-hetero) is 1. The lowest BCUT2D eigenvalue weighted by Crippen LogP contribution is -2.41. The SMILES string of the molecule is CCCCCCCCCCCCSC(CC)C(=O)C1C(C)C=CCC1(C)C. The number of hydrogen-bond donors (Lipinski definition) is 0. The van der Waals surface area contributed by atoms with Crippen LogP contribution < -0.4 is 0 Å². The first-order valence-corrected chi connectivity index (χ1v) is 12.8. The van der Waals surface area contributed by atoms with Crippen LogP contribution in [0.2, 0.25) is 0 Å². The molecule has 2 heteroatoms. The molecular formula is C25H46OS. The Morgan fingerprint density at radius 3 is 2.07 bits per heavy atom. The summed E-state index contributed by atoms with van der Waals surface area (Å²) in [5, 5.41) is 0.196. The van der Waals surface area contributed by atoms with Crippen LogP contribution in [0.3, 0.4) is 0 Å².